The summed E-state index contributed by atoms with van der Waals surface area (Å²) in [7, 11) is -4.34. The Morgan fingerprint density at radius 1 is 1.00 bits per heavy atom. The van der Waals surface area contributed by atoms with Crippen molar-refractivity contribution >= 4 is 32.7 Å². The van der Waals surface area contributed by atoms with Gasteiger partial charge < -0.3 is 9.84 Å². The number of carboxylic acids is 1. The highest BCUT2D eigenvalue weighted by molar-refractivity contribution is 7.92. The maximum absolute atomic E-state index is 13.7. The van der Waals surface area contributed by atoms with E-state index in [0.717, 1.165) is 40.7 Å². The highest BCUT2D eigenvalue weighted by atomic mass is 32.2. The molecule has 0 radical (unpaired) electrons. The number of rotatable bonds is 7. The van der Waals surface area contributed by atoms with Crippen molar-refractivity contribution in [1.82, 2.24) is 4.98 Å². The number of anilines is 1. The van der Waals surface area contributed by atoms with Crippen LogP contribution in [0.2, 0.25) is 0 Å². The third-order valence-electron chi connectivity index (χ3n) is 5.35. The zero-order valence-corrected chi connectivity index (χ0v) is 19.8. The molecule has 0 spiro atoms. The Bertz CT molecular complexity index is 1570. The molecule has 37 heavy (non-hydrogen) atoms. The van der Waals surface area contributed by atoms with Crippen LogP contribution in [0.5, 0.6) is 5.75 Å². The highest BCUT2D eigenvalue weighted by Gasteiger charge is 2.31. The summed E-state index contributed by atoms with van der Waals surface area (Å²) in [6.07, 6.45) is -4.88. The van der Waals surface area contributed by atoms with E-state index in [9.17, 15) is 30.8 Å². The van der Waals surface area contributed by atoms with E-state index >= 15 is 0 Å². The van der Waals surface area contributed by atoms with Gasteiger partial charge in [-0.3, -0.25) is 0 Å². The molecule has 12 heteroatoms. The summed E-state index contributed by atoms with van der Waals surface area (Å²) in [5.41, 5.74) is 0.909. The molecular weight excluding hydrogens is 516 g/mol. The molecule has 4 aromatic rings. The van der Waals surface area contributed by atoms with Gasteiger partial charge in [0.2, 0.25) is 0 Å². The lowest BCUT2D eigenvalue weighted by Crippen LogP contribution is -2.32. The molecule has 0 aliphatic carbocycles. The molecule has 1 heterocycles. The number of carbonyl (C=O) groups is 1. The second-order valence-electron chi connectivity index (χ2n) is 8.00. The van der Waals surface area contributed by atoms with Crippen LogP contribution in [0.25, 0.3) is 10.9 Å². The average molecular weight is 534 g/mol. The smallest absolute Gasteiger partial charge is 0.478 e. The monoisotopic (exact) mass is 534 g/mol. The van der Waals surface area contributed by atoms with E-state index in [0.29, 0.717) is 22.0 Å². The summed E-state index contributed by atoms with van der Waals surface area (Å²) < 4.78 is 83.5. The lowest BCUT2D eigenvalue weighted by molar-refractivity contribution is -0.274. The number of aryl methyl sites for hydroxylation is 1. The maximum atomic E-state index is 13.7. The summed E-state index contributed by atoms with van der Waals surface area (Å²) in [6.45, 7) is 1.26. The molecule has 4 rings (SSSR count). The Morgan fingerprint density at radius 3 is 2.24 bits per heavy atom. The van der Waals surface area contributed by atoms with E-state index in [1.807, 2.05) is 0 Å². The van der Waals surface area contributed by atoms with Crippen LogP contribution in [0.4, 0.5) is 23.4 Å². The Morgan fingerprint density at radius 2 is 1.65 bits per heavy atom. The van der Waals surface area contributed by atoms with E-state index in [2.05, 4.69) is 9.72 Å². The van der Waals surface area contributed by atoms with Crippen LogP contribution in [-0.2, 0) is 16.6 Å². The zero-order valence-electron chi connectivity index (χ0n) is 19.0. The first-order valence-electron chi connectivity index (χ1n) is 10.6. The molecule has 192 valence electrons. The molecule has 0 amide bonds. The maximum Gasteiger partial charge on any atom is 0.573 e. The molecular formula is C25H18F4N2O5S. The molecule has 7 nitrogen and oxygen atoms in total. The summed E-state index contributed by atoms with van der Waals surface area (Å²) in [5, 5.41) is 9.58. The van der Waals surface area contributed by atoms with Crippen molar-refractivity contribution in [2.75, 3.05) is 4.31 Å². The van der Waals surface area contributed by atoms with Gasteiger partial charge in [-0.25, -0.2) is 26.9 Å². The van der Waals surface area contributed by atoms with Crippen molar-refractivity contribution in [3.63, 3.8) is 0 Å². The third kappa shape index (κ3) is 5.80. The van der Waals surface area contributed by atoms with Crippen molar-refractivity contribution in [1.29, 1.82) is 0 Å². The fourth-order valence-electron chi connectivity index (χ4n) is 3.63. The fourth-order valence-corrected chi connectivity index (χ4v) is 5.09. The second kappa shape index (κ2) is 9.69. The van der Waals surface area contributed by atoms with Gasteiger partial charge >= 0.3 is 12.3 Å². The lowest BCUT2D eigenvalue weighted by atomic mass is 10.1. The minimum absolute atomic E-state index is 0.0111. The van der Waals surface area contributed by atoms with Crippen LogP contribution in [0.3, 0.4) is 0 Å². The number of ether oxygens (including phenoxy) is 1. The predicted molar refractivity (Wildman–Crippen MR) is 126 cm³/mol. The molecule has 0 fully saturated rings. The van der Waals surface area contributed by atoms with Gasteiger partial charge in [0.05, 0.1) is 22.5 Å². The molecule has 0 aliphatic rings. The van der Waals surface area contributed by atoms with Crippen molar-refractivity contribution in [3.05, 3.63) is 95.3 Å². The van der Waals surface area contributed by atoms with Crippen LogP contribution in [0, 0.1) is 12.7 Å². The number of sulfonamides is 1. The van der Waals surface area contributed by atoms with Crippen LogP contribution >= 0.6 is 0 Å². The zero-order chi connectivity index (χ0) is 27.0. The molecule has 0 atom stereocenters. The first kappa shape index (κ1) is 25.9. The summed E-state index contributed by atoms with van der Waals surface area (Å²) in [4.78, 5) is 15.4. The van der Waals surface area contributed by atoms with Crippen molar-refractivity contribution in [2.24, 2.45) is 0 Å². The quantitative estimate of drug-likeness (QED) is 0.307. The SMILES string of the molecule is Cc1cc2cc(F)ccc2nc1N(Cc1ccc(OC(F)(F)F)cc1)S(=O)(=O)c1ccc(C(=O)O)cc1. The molecule has 0 unspecified atom stereocenters. The van der Waals surface area contributed by atoms with E-state index in [1.54, 1.807) is 13.0 Å². The molecule has 1 aromatic heterocycles. The highest BCUT2D eigenvalue weighted by Crippen LogP contribution is 2.31. The molecule has 0 bridgehead atoms. The van der Waals surface area contributed by atoms with Gasteiger partial charge in [0.1, 0.15) is 17.4 Å². The molecule has 0 saturated carbocycles. The number of aromatic carboxylic acids is 1. The summed E-state index contributed by atoms with van der Waals surface area (Å²) in [5.74, 6) is -2.19. The normalized spacial score (nSPS) is 11.9. The van der Waals surface area contributed by atoms with Crippen LogP contribution < -0.4 is 9.04 Å². The van der Waals surface area contributed by atoms with Gasteiger partial charge in [-0.1, -0.05) is 12.1 Å². The number of hydrogen-bond donors (Lipinski definition) is 1. The molecule has 3 aromatic carbocycles. The Kier molecular flexibility index (Phi) is 6.78. The number of hydrogen-bond acceptors (Lipinski definition) is 5. The number of fused-ring (bicyclic) bond motifs is 1. The Hall–Kier alpha value is -4.19. The third-order valence-corrected chi connectivity index (χ3v) is 7.10. The molecule has 0 aliphatic heterocycles. The summed E-state index contributed by atoms with van der Waals surface area (Å²) in [6, 6.07) is 14.6. The number of aromatic nitrogens is 1. The van der Waals surface area contributed by atoms with Gasteiger partial charge in [0, 0.05) is 5.39 Å². The lowest BCUT2D eigenvalue weighted by Gasteiger charge is -2.25. The van der Waals surface area contributed by atoms with Crippen LogP contribution in [0.1, 0.15) is 21.5 Å². The van der Waals surface area contributed by atoms with E-state index in [1.165, 1.54) is 30.3 Å². The first-order chi connectivity index (χ1) is 17.3. The van der Waals surface area contributed by atoms with Crippen molar-refractivity contribution < 1.29 is 40.6 Å². The number of pyridine rings is 1. The van der Waals surface area contributed by atoms with Crippen molar-refractivity contribution in [3.8, 4) is 5.75 Å². The van der Waals surface area contributed by atoms with Gasteiger partial charge in [0.25, 0.3) is 10.0 Å². The molecule has 1 N–H and O–H groups in total. The van der Waals surface area contributed by atoms with Gasteiger partial charge in [-0.05, 0) is 78.7 Å². The van der Waals surface area contributed by atoms with Crippen LogP contribution in [-0.4, -0.2) is 30.8 Å². The Labute approximate surface area is 208 Å². The summed E-state index contributed by atoms with van der Waals surface area (Å²) >= 11 is 0. The standard InChI is InChI=1S/C25H18F4N2O5S/c1-15-12-18-13-19(26)6-11-22(18)30-23(15)31(14-16-2-7-20(8-3-16)36-25(27,28)29)37(34,35)21-9-4-17(5-10-21)24(32)33/h2-13H,14H2,1H3,(H,32,33). The van der Waals surface area contributed by atoms with Gasteiger partial charge in [-0.2, -0.15) is 0 Å². The molecule has 0 saturated heterocycles. The van der Waals surface area contributed by atoms with Gasteiger partial charge in [-0.15, -0.1) is 13.2 Å². The number of nitrogens with zero attached hydrogens (tertiary/aromatic N) is 2. The topological polar surface area (TPSA) is 96.8 Å². The van der Waals surface area contributed by atoms with E-state index in [-0.39, 0.29) is 22.8 Å². The van der Waals surface area contributed by atoms with Gasteiger partial charge in [0.15, 0.2) is 0 Å². The van der Waals surface area contributed by atoms with E-state index < -0.39 is 33.9 Å². The minimum Gasteiger partial charge on any atom is -0.478 e. The number of alkyl halides is 3. The number of benzene rings is 3. The van der Waals surface area contributed by atoms with E-state index in [4.69, 9.17) is 5.11 Å². The first-order valence-corrected chi connectivity index (χ1v) is 12.1. The minimum atomic E-state index is -4.88. The largest absolute Gasteiger partial charge is 0.573 e. The predicted octanol–water partition coefficient (Wildman–Crippen LogP) is 5.67. The Balaban J connectivity index is 1.80. The van der Waals surface area contributed by atoms with Crippen molar-refractivity contribution in [2.45, 2.75) is 24.7 Å². The fraction of sp³-hybridized carbons (Fsp3) is 0.120. The average Bonchev–Trinajstić information content (AvgIpc) is 2.82. The second-order valence-corrected chi connectivity index (χ2v) is 9.86. The number of carboxylic acid groups (broad SMARTS) is 1. The van der Waals surface area contributed by atoms with Crippen LogP contribution in [0.15, 0.2) is 77.7 Å². The number of halogens is 4.